The molecule has 2 fully saturated rings. The largest absolute Gasteiger partial charge is 0.462 e. The maximum atomic E-state index is 13.5. The fourth-order valence-corrected chi connectivity index (χ4v) is 6.52. The molecule has 30 heavy (non-hydrogen) atoms. The van der Waals surface area contributed by atoms with Gasteiger partial charge in [-0.25, -0.2) is 0 Å². The number of aliphatic hydroxyl groups is 1. The number of aliphatic hydroxyl groups excluding tert-OH is 1. The first-order chi connectivity index (χ1) is 13.8. The highest BCUT2D eigenvalue weighted by atomic mass is 16.6. The fraction of sp³-hybridized carbons (Fsp3) is 0.708. The lowest BCUT2D eigenvalue weighted by Crippen LogP contribution is -2.59. The molecule has 3 rings (SSSR count). The summed E-state index contributed by atoms with van der Waals surface area (Å²) < 4.78 is 11.7. The molecule has 3 aliphatic rings. The van der Waals surface area contributed by atoms with E-state index in [1.165, 1.54) is 13.8 Å². The van der Waals surface area contributed by atoms with E-state index in [2.05, 4.69) is 6.58 Å². The molecule has 0 aliphatic heterocycles. The summed E-state index contributed by atoms with van der Waals surface area (Å²) in [7, 11) is 0. The number of carbonyl (C=O) groups is 3. The molecule has 0 aromatic rings. The molecule has 0 aromatic carbocycles. The molecule has 6 atom stereocenters. The highest BCUT2D eigenvalue weighted by molar-refractivity contribution is 5.98. The van der Waals surface area contributed by atoms with E-state index in [1.54, 1.807) is 0 Å². The van der Waals surface area contributed by atoms with Crippen LogP contribution in [0, 0.1) is 22.7 Å². The van der Waals surface area contributed by atoms with Crippen LogP contribution in [0.15, 0.2) is 23.3 Å². The molecule has 1 N–H and O–H groups in total. The van der Waals surface area contributed by atoms with Crippen LogP contribution in [0.3, 0.4) is 0 Å². The van der Waals surface area contributed by atoms with Gasteiger partial charge in [-0.05, 0) is 30.8 Å². The van der Waals surface area contributed by atoms with Gasteiger partial charge in [0.2, 0.25) is 0 Å². The molecule has 2 bridgehead atoms. The quantitative estimate of drug-likeness (QED) is 0.545. The number of carbonyl (C=O) groups excluding carboxylic acids is 3. The zero-order valence-electron chi connectivity index (χ0n) is 18.9. The standard InChI is InChI=1S/C24H34O6/c1-12-10-18(29-14(3)25)21-22(30-15(4)26)20-13(2)16(27)8-9-24(20,7)11-17(28)19(12)23(21,5)6/h16,18,20-22,27H,2,8-11H2,1,3-7H3/t16-,18-,20-,21-,22-,24-/m0/s1. The molecule has 0 saturated heterocycles. The van der Waals surface area contributed by atoms with Gasteiger partial charge in [-0.1, -0.05) is 32.9 Å². The van der Waals surface area contributed by atoms with Crippen LogP contribution >= 0.6 is 0 Å². The van der Waals surface area contributed by atoms with Crippen molar-refractivity contribution in [3.63, 3.8) is 0 Å². The maximum absolute atomic E-state index is 13.5. The van der Waals surface area contributed by atoms with E-state index in [4.69, 9.17) is 9.47 Å². The molecule has 0 radical (unpaired) electrons. The second kappa shape index (κ2) is 7.63. The van der Waals surface area contributed by atoms with Crippen LogP contribution in [-0.4, -0.2) is 41.1 Å². The number of Topliss-reactive ketones (excluding diaryl/α,β-unsaturated/α-hetero) is 1. The van der Waals surface area contributed by atoms with Gasteiger partial charge in [0.15, 0.2) is 5.78 Å². The minimum absolute atomic E-state index is 0.0849. The Hall–Kier alpha value is -1.95. The van der Waals surface area contributed by atoms with Crippen molar-refractivity contribution in [2.75, 3.05) is 0 Å². The van der Waals surface area contributed by atoms with E-state index in [0.717, 1.165) is 11.1 Å². The van der Waals surface area contributed by atoms with E-state index < -0.39 is 52.9 Å². The van der Waals surface area contributed by atoms with Crippen LogP contribution < -0.4 is 0 Å². The Labute approximate surface area is 178 Å². The summed E-state index contributed by atoms with van der Waals surface area (Å²) in [4.78, 5) is 37.7. The SMILES string of the molecule is C=C1[C@@H](O)CC[C@@]2(C)CC(=O)C3=C(C)C[C@H](OC(C)=O)[C@@H]([C@@H](OC(C)=O)[C@H]12)C3(C)C. The molecule has 2 saturated carbocycles. The summed E-state index contributed by atoms with van der Waals surface area (Å²) in [5, 5.41) is 10.6. The summed E-state index contributed by atoms with van der Waals surface area (Å²) >= 11 is 0. The van der Waals surface area contributed by atoms with Gasteiger partial charge in [0.05, 0.1) is 6.10 Å². The second-order valence-corrected chi connectivity index (χ2v) is 10.2. The minimum Gasteiger partial charge on any atom is -0.462 e. The first kappa shape index (κ1) is 22.7. The van der Waals surface area contributed by atoms with E-state index in [-0.39, 0.29) is 5.78 Å². The fourth-order valence-electron chi connectivity index (χ4n) is 6.52. The molecular formula is C24H34O6. The first-order valence-electron chi connectivity index (χ1n) is 10.7. The number of fused-ring (bicyclic) bond motifs is 3. The van der Waals surface area contributed by atoms with Crippen LogP contribution in [0.1, 0.15) is 67.2 Å². The van der Waals surface area contributed by atoms with E-state index in [0.29, 0.717) is 31.3 Å². The highest BCUT2D eigenvalue weighted by Crippen LogP contribution is 2.59. The van der Waals surface area contributed by atoms with Gasteiger partial charge in [0.25, 0.3) is 0 Å². The molecule has 0 spiro atoms. The summed E-state index contributed by atoms with van der Waals surface area (Å²) in [5.74, 6) is -1.60. The predicted octanol–water partition coefficient (Wildman–Crippen LogP) is 3.52. The summed E-state index contributed by atoms with van der Waals surface area (Å²) in [6.45, 7) is 14.8. The van der Waals surface area contributed by atoms with Crippen molar-refractivity contribution in [2.24, 2.45) is 22.7 Å². The van der Waals surface area contributed by atoms with Gasteiger partial charge in [0, 0.05) is 49.5 Å². The predicted molar refractivity (Wildman–Crippen MR) is 111 cm³/mol. The third kappa shape index (κ3) is 3.64. The second-order valence-electron chi connectivity index (χ2n) is 10.2. The summed E-state index contributed by atoms with van der Waals surface area (Å²) in [6.07, 6.45) is -0.0399. The van der Waals surface area contributed by atoms with Crippen molar-refractivity contribution < 1.29 is 29.0 Å². The number of hydrogen-bond donors (Lipinski definition) is 1. The van der Waals surface area contributed by atoms with Crippen molar-refractivity contribution >= 4 is 17.7 Å². The van der Waals surface area contributed by atoms with Crippen LogP contribution in [0.2, 0.25) is 0 Å². The number of ketones is 1. The number of esters is 2. The van der Waals surface area contributed by atoms with Crippen LogP contribution in [-0.2, 0) is 23.9 Å². The molecule has 0 amide bonds. The van der Waals surface area contributed by atoms with Gasteiger partial charge >= 0.3 is 11.9 Å². The smallest absolute Gasteiger partial charge is 0.302 e. The lowest BCUT2D eigenvalue weighted by molar-refractivity contribution is -0.179. The van der Waals surface area contributed by atoms with Crippen molar-refractivity contribution in [2.45, 2.75) is 85.5 Å². The van der Waals surface area contributed by atoms with Crippen LogP contribution in [0.4, 0.5) is 0 Å². The lowest BCUT2D eigenvalue weighted by Gasteiger charge is -2.56. The first-order valence-corrected chi connectivity index (χ1v) is 10.7. The third-order valence-electron chi connectivity index (χ3n) is 7.52. The average Bonchev–Trinajstić information content (AvgIpc) is 2.55. The Morgan fingerprint density at radius 2 is 1.73 bits per heavy atom. The third-order valence-corrected chi connectivity index (χ3v) is 7.52. The van der Waals surface area contributed by atoms with Gasteiger partial charge in [-0.2, -0.15) is 0 Å². The van der Waals surface area contributed by atoms with Crippen LogP contribution in [0.5, 0.6) is 0 Å². The Balaban J connectivity index is 2.27. The highest BCUT2D eigenvalue weighted by Gasteiger charge is 2.60. The molecule has 166 valence electrons. The zero-order valence-corrected chi connectivity index (χ0v) is 18.9. The molecule has 0 unspecified atom stereocenters. The molecule has 6 heteroatoms. The van der Waals surface area contributed by atoms with Crippen molar-refractivity contribution in [3.05, 3.63) is 23.3 Å². The van der Waals surface area contributed by atoms with E-state index in [9.17, 15) is 19.5 Å². The molecule has 3 aliphatic carbocycles. The lowest BCUT2D eigenvalue weighted by atomic mass is 9.50. The van der Waals surface area contributed by atoms with Crippen molar-refractivity contribution in [1.82, 2.24) is 0 Å². The Kier molecular flexibility index (Phi) is 5.78. The average molecular weight is 419 g/mol. The Morgan fingerprint density at radius 3 is 2.30 bits per heavy atom. The molecule has 6 nitrogen and oxygen atoms in total. The number of ether oxygens (including phenoxy) is 2. The maximum Gasteiger partial charge on any atom is 0.302 e. The van der Waals surface area contributed by atoms with Crippen molar-refractivity contribution in [3.8, 4) is 0 Å². The van der Waals surface area contributed by atoms with E-state index in [1.807, 2.05) is 27.7 Å². The van der Waals surface area contributed by atoms with Crippen LogP contribution in [0.25, 0.3) is 0 Å². The van der Waals surface area contributed by atoms with Gasteiger partial charge < -0.3 is 14.6 Å². The molecule has 0 aromatic heterocycles. The molecular weight excluding hydrogens is 384 g/mol. The number of hydrogen-bond acceptors (Lipinski definition) is 6. The van der Waals surface area contributed by atoms with Gasteiger partial charge in [0.1, 0.15) is 12.2 Å². The zero-order chi connectivity index (χ0) is 22.6. The summed E-state index contributed by atoms with van der Waals surface area (Å²) in [6, 6.07) is 0. The van der Waals surface area contributed by atoms with E-state index >= 15 is 0 Å². The normalized spacial score (nSPS) is 38.3. The van der Waals surface area contributed by atoms with Gasteiger partial charge in [-0.3, -0.25) is 14.4 Å². The van der Waals surface area contributed by atoms with Gasteiger partial charge in [-0.15, -0.1) is 0 Å². The molecule has 0 heterocycles. The number of allylic oxidation sites excluding steroid dienone is 1. The summed E-state index contributed by atoms with van der Waals surface area (Å²) in [5.41, 5.74) is 1.08. The number of rotatable bonds is 2. The monoisotopic (exact) mass is 418 g/mol. The Morgan fingerprint density at radius 1 is 1.13 bits per heavy atom. The Bertz CT molecular complexity index is 822. The van der Waals surface area contributed by atoms with Crippen molar-refractivity contribution in [1.29, 1.82) is 0 Å². The topological polar surface area (TPSA) is 89.9 Å². The minimum atomic E-state index is -0.716.